The van der Waals surface area contributed by atoms with Crippen LogP contribution < -0.4 is 4.31 Å². The summed E-state index contributed by atoms with van der Waals surface area (Å²) in [5.74, 6) is -1.54. The molecular formula is C23H25F6NO3S. The summed E-state index contributed by atoms with van der Waals surface area (Å²) in [4.78, 5) is -0.513. The highest BCUT2D eigenvalue weighted by Crippen LogP contribution is 2.39. The topological polar surface area (TPSA) is 46.6 Å². The van der Waals surface area contributed by atoms with Gasteiger partial charge in [-0.2, -0.15) is 26.3 Å². The number of benzene rings is 2. The van der Waals surface area contributed by atoms with Crippen LogP contribution in [0.1, 0.15) is 43.7 Å². The van der Waals surface area contributed by atoms with Crippen LogP contribution in [0.2, 0.25) is 0 Å². The Morgan fingerprint density at radius 2 is 1.65 bits per heavy atom. The normalized spacial score (nSPS) is 19.7. The van der Waals surface area contributed by atoms with Crippen LogP contribution in [-0.2, 0) is 27.5 Å². The van der Waals surface area contributed by atoms with E-state index in [1.54, 1.807) is 6.07 Å². The van der Waals surface area contributed by atoms with Gasteiger partial charge in [0.05, 0.1) is 34.8 Å². The first-order valence-corrected chi connectivity index (χ1v) is 12.3. The summed E-state index contributed by atoms with van der Waals surface area (Å²) in [5, 5.41) is 0. The molecule has 3 rings (SSSR count). The SMILES string of the molecule is CCN(c1cccc(COC2CCCCC2C(F)(F)F)c1)S(=O)(=O)c1cccc(C(F)(F)F)c1. The van der Waals surface area contributed by atoms with Crippen LogP contribution in [0.3, 0.4) is 0 Å². The molecule has 1 saturated carbocycles. The third kappa shape index (κ3) is 6.04. The molecule has 2 aromatic rings. The molecule has 0 bridgehead atoms. The first-order chi connectivity index (χ1) is 15.8. The van der Waals surface area contributed by atoms with Crippen LogP contribution in [0.4, 0.5) is 32.0 Å². The van der Waals surface area contributed by atoms with Crippen molar-refractivity contribution < 1.29 is 39.5 Å². The minimum absolute atomic E-state index is 0.00700. The lowest BCUT2D eigenvalue weighted by atomic mass is 9.86. The lowest BCUT2D eigenvalue weighted by molar-refractivity contribution is -0.217. The number of nitrogens with zero attached hydrogens (tertiary/aromatic N) is 1. The Hall–Kier alpha value is -2.27. The maximum absolute atomic E-state index is 13.3. The number of hydrogen-bond donors (Lipinski definition) is 0. The zero-order chi connectivity index (χ0) is 25.1. The van der Waals surface area contributed by atoms with Crippen molar-refractivity contribution in [2.75, 3.05) is 10.8 Å². The van der Waals surface area contributed by atoms with Crippen LogP contribution >= 0.6 is 0 Å². The van der Waals surface area contributed by atoms with Gasteiger partial charge in [-0.25, -0.2) is 8.42 Å². The van der Waals surface area contributed by atoms with Gasteiger partial charge in [0.1, 0.15) is 0 Å². The highest BCUT2D eigenvalue weighted by atomic mass is 32.2. The van der Waals surface area contributed by atoms with E-state index in [1.807, 2.05) is 0 Å². The monoisotopic (exact) mass is 509 g/mol. The Morgan fingerprint density at radius 1 is 0.971 bits per heavy atom. The third-order valence-corrected chi connectivity index (χ3v) is 7.72. The summed E-state index contributed by atoms with van der Waals surface area (Å²) in [6, 6.07) is 9.52. The van der Waals surface area contributed by atoms with Crippen molar-refractivity contribution in [3.8, 4) is 0 Å². The highest BCUT2D eigenvalue weighted by molar-refractivity contribution is 7.92. The zero-order valence-corrected chi connectivity index (χ0v) is 19.2. The smallest absolute Gasteiger partial charge is 0.373 e. The molecule has 188 valence electrons. The number of ether oxygens (including phenoxy) is 1. The molecule has 0 saturated heterocycles. The molecule has 11 heteroatoms. The molecule has 34 heavy (non-hydrogen) atoms. The van der Waals surface area contributed by atoms with Gasteiger partial charge in [0.25, 0.3) is 10.0 Å². The summed E-state index contributed by atoms with van der Waals surface area (Å²) in [5.41, 5.74) is -0.447. The average molecular weight is 510 g/mol. The molecule has 0 N–H and O–H groups in total. The van der Waals surface area contributed by atoms with E-state index in [9.17, 15) is 34.8 Å². The predicted molar refractivity (Wildman–Crippen MR) is 115 cm³/mol. The minimum Gasteiger partial charge on any atom is -0.373 e. The fourth-order valence-corrected chi connectivity index (χ4v) is 5.64. The molecule has 1 fully saturated rings. The van der Waals surface area contributed by atoms with Gasteiger partial charge in [-0.05, 0) is 55.7 Å². The molecule has 0 aromatic heterocycles. The van der Waals surface area contributed by atoms with Gasteiger partial charge in [0.2, 0.25) is 0 Å². The molecule has 0 heterocycles. The summed E-state index contributed by atoms with van der Waals surface area (Å²) in [6.45, 7) is 1.32. The van der Waals surface area contributed by atoms with Crippen molar-refractivity contribution in [2.24, 2.45) is 5.92 Å². The molecule has 0 radical (unpaired) electrons. The maximum Gasteiger partial charge on any atom is 0.416 e. The molecule has 0 aliphatic heterocycles. The Morgan fingerprint density at radius 3 is 2.29 bits per heavy atom. The van der Waals surface area contributed by atoms with E-state index in [4.69, 9.17) is 4.74 Å². The molecule has 1 aliphatic rings. The average Bonchev–Trinajstić information content (AvgIpc) is 2.77. The first kappa shape index (κ1) is 26.3. The van der Waals surface area contributed by atoms with E-state index < -0.39 is 44.9 Å². The predicted octanol–water partition coefficient (Wildman–Crippen LogP) is 6.56. The van der Waals surface area contributed by atoms with E-state index in [2.05, 4.69) is 0 Å². The van der Waals surface area contributed by atoms with E-state index in [0.717, 1.165) is 22.5 Å². The molecule has 2 atom stereocenters. The van der Waals surface area contributed by atoms with Crippen LogP contribution in [0, 0.1) is 5.92 Å². The highest BCUT2D eigenvalue weighted by Gasteiger charge is 2.46. The van der Waals surface area contributed by atoms with Crippen molar-refractivity contribution in [1.29, 1.82) is 0 Å². The van der Waals surface area contributed by atoms with Gasteiger partial charge < -0.3 is 4.74 Å². The van der Waals surface area contributed by atoms with E-state index in [1.165, 1.54) is 25.1 Å². The Labute approximate surface area is 194 Å². The van der Waals surface area contributed by atoms with Gasteiger partial charge >= 0.3 is 12.4 Å². The van der Waals surface area contributed by atoms with Crippen molar-refractivity contribution in [3.05, 3.63) is 59.7 Å². The van der Waals surface area contributed by atoms with Gasteiger partial charge in [-0.15, -0.1) is 0 Å². The molecule has 2 aromatic carbocycles. The van der Waals surface area contributed by atoms with Crippen molar-refractivity contribution in [1.82, 2.24) is 0 Å². The summed E-state index contributed by atoms with van der Waals surface area (Å²) < 4.78 is 112. The van der Waals surface area contributed by atoms with Gasteiger partial charge in [-0.3, -0.25) is 4.31 Å². The molecule has 2 unspecified atom stereocenters. The summed E-state index contributed by atoms with van der Waals surface area (Å²) in [7, 11) is -4.32. The van der Waals surface area contributed by atoms with Crippen molar-refractivity contribution in [2.45, 2.75) is 62.6 Å². The first-order valence-electron chi connectivity index (χ1n) is 10.8. The van der Waals surface area contributed by atoms with E-state index in [-0.39, 0.29) is 31.7 Å². The van der Waals surface area contributed by atoms with E-state index >= 15 is 0 Å². The lowest BCUT2D eigenvalue weighted by Crippen LogP contribution is -2.38. The second-order valence-electron chi connectivity index (χ2n) is 8.15. The fraction of sp³-hybridized carbons (Fsp3) is 0.478. The van der Waals surface area contributed by atoms with Gasteiger partial charge in [0, 0.05) is 6.54 Å². The van der Waals surface area contributed by atoms with Crippen molar-refractivity contribution >= 4 is 15.7 Å². The number of alkyl halides is 6. The molecule has 1 aliphatic carbocycles. The zero-order valence-electron chi connectivity index (χ0n) is 18.4. The second-order valence-corrected chi connectivity index (χ2v) is 10.0. The molecular weight excluding hydrogens is 484 g/mol. The Bertz CT molecular complexity index is 1080. The third-order valence-electron chi connectivity index (χ3n) is 5.82. The molecule has 0 spiro atoms. The second kappa shape index (κ2) is 10.2. The van der Waals surface area contributed by atoms with Gasteiger partial charge in [-0.1, -0.05) is 31.0 Å². The van der Waals surface area contributed by atoms with Crippen LogP contribution in [0.15, 0.2) is 53.4 Å². The van der Waals surface area contributed by atoms with E-state index in [0.29, 0.717) is 24.5 Å². The summed E-state index contributed by atoms with van der Waals surface area (Å²) in [6.07, 6.45) is -8.62. The minimum atomic E-state index is -4.70. The quantitative estimate of drug-likeness (QED) is 0.397. The summed E-state index contributed by atoms with van der Waals surface area (Å²) >= 11 is 0. The number of anilines is 1. The largest absolute Gasteiger partial charge is 0.416 e. The standard InChI is InChI=1S/C23H25F6NO3S/c1-2-30(34(31,32)19-10-6-8-17(14-19)22(24,25)26)18-9-5-7-16(13-18)15-33-21-12-4-3-11-20(21)23(27,28)29/h5-10,13-14,20-21H,2-4,11-12,15H2,1H3. The fourth-order valence-electron chi connectivity index (χ4n) is 4.13. The molecule has 0 amide bonds. The van der Waals surface area contributed by atoms with Crippen LogP contribution in [-0.4, -0.2) is 27.2 Å². The van der Waals surface area contributed by atoms with Crippen LogP contribution in [0.5, 0.6) is 0 Å². The lowest BCUT2D eigenvalue weighted by Gasteiger charge is -2.33. The number of halogens is 6. The van der Waals surface area contributed by atoms with Crippen LogP contribution in [0.25, 0.3) is 0 Å². The van der Waals surface area contributed by atoms with Gasteiger partial charge in [0.15, 0.2) is 0 Å². The van der Waals surface area contributed by atoms with Crippen molar-refractivity contribution in [3.63, 3.8) is 0 Å². The Kier molecular flexibility index (Phi) is 7.86. The number of rotatable bonds is 7. The Balaban J connectivity index is 1.82. The molecule has 4 nitrogen and oxygen atoms in total. The number of hydrogen-bond acceptors (Lipinski definition) is 3. The maximum atomic E-state index is 13.3. The number of sulfonamides is 1.